The molecule has 1 rings (SSSR count). The fourth-order valence-electron chi connectivity index (χ4n) is 2.12. The van der Waals surface area contributed by atoms with Crippen LogP contribution in [0, 0.1) is 5.92 Å². The molecule has 0 aromatic heterocycles. The van der Waals surface area contributed by atoms with E-state index in [0.717, 1.165) is 6.42 Å². The van der Waals surface area contributed by atoms with Gasteiger partial charge < -0.3 is 20.8 Å². The molecule has 4 N–H and O–H groups in total. The van der Waals surface area contributed by atoms with Crippen molar-refractivity contribution in [3.05, 3.63) is 0 Å². The third-order valence-corrected chi connectivity index (χ3v) is 3.11. The van der Waals surface area contributed by atoms with E-state index in [0.29, 0.717) is 13.0 Å². The maximum atomic E-state index is 12.0. The number of hydrogen-bond acceptors (Lipinski definition) is 4. The van der Waals surface area contributed by atoms with Crippen LogP contribution in [0.5, 0.6) is 0 Å². The first-order chi connectivity index (χ1) is 7.97. The zero-order valence-corrected chi connectivity index (χ0v) is 10.0. The van der Waals surface area contributed by atoms with Gasteiger partial charge in [-0.2, -0.15) is 0 Å². The highest BCUT2D eigenvalue weighted by molar-refractivity contribution is 5.85. The van der Waals surface area contributed by atoms with Crippen LogP contribution in [0.25, 0.3) is 0 Å². The summed E-state index contributed by atoms with van der Waals surface area (Å²) >= 11 is 0. The summed E-state index contributed by atoms with van der Waals surface area (Å²) < 4.78 is 0. The van der Waals surface area contributed by atoms with Crippen molar-refractivity contribution in [2.75, 3.05) is 13.1 Å². The van der Waals surface area contributed by atoms with Crippen LogP contribution in [0.4, 0.5) is 0 Å². The molecule has 0 bridgehead atoms. The minimum Gasteiger partial charge on any atom is -0.480 e. The van der Waals surface area contributed by atoms with E-state index in [1.54, 1.807) is 6.92 Å². The van der Waals surface area contributed by atoms with Crippen molar-refractivity contribution in [3.8, 4) is 0 Å². The zero-order valence-electron chi connectivity index (χ0n) is 10.0. The quantitative estimate of drug-likeness (QED) is 0.599. The number of carboxylic acid groups (broad SMARTS) is 1. The molecule has 98 valence electrons. The number of amides is 1. The third kappa shape index (κ3) is 3.41. The Labute approximate surface area is 100 Å². The van der Waals surface area contributed by atoms with Crippen LogP contribution in [0.3, 0.4) is 0 Å². The minimum atomic E-state index is -1.05. The summed E-state index contributed by atoms with van der Waals surface area (Å²) in [5, 5.41) is 18.4. The average Bonchev–Trinajstić information content (AvgIpc) is 2.67. The Bertz CT molecular complexity index is 295. The van der Waals surface area contributed by atoms with Gasteiger partial charge in [0.1, 0.15) is 6.04 Å². The molecule has 1 unspecified atom stereocenters. The normalized spacial score (nSPS) is 25.9. The molecule has 0 spiro atoms. The molecule has 1 fully saturated rings. The molecule has 0 aromatic carbocycles. The number of carbonyl (C=O) groups is 2. The van der Waals surface area contributed by atoms with Crippen LogP contribution in [0.1, 0.15) is 26.2 Å². The predicted octanol–water partition coefficient (Wildman–Crippen LogP) is -0.592. The molecule has 1 aliphatic rings. The molecule has 17 heavy (non-hydrogen) atoms. The Balaban J connectivity index is 2.63. The van der Waals surface area contributed by atoms with Crippen LogP contribution in [0.15, 0.2) is 0 Å². The summed E-state index contributed by atoms with van der Waals surface area (Å²) in [5.41, 5.74) is 5.37. The Morgan fingerprint density at radius 2 is 2.18 bits per heavy atom. The van der Waals surface area contributed by atoms with E-state index >= 15 is 0 Å². The smallest absolute Gasteiger partial charge is 0.326 e. The van der Waals surface area contributed by atoms with Gasteiger partial charge in [-0.1, -0.05) is 6.92 Å². The molecule has 0 aliphatic carbocycles. The summed E-state index contributed by atoms with van der Waals surface area (Å²) in [5.74, 6) is -1.51. The second kappa shape index (κ2) is 5.97. The van der Waals surface area contributed by atoms with Crippen molar-refractivity contribution in [2.24, 2.45) is 11.7 Å². The number of carbonyl (C=O) groups excluding carboxylic acids is 1. The lowest BCUT2D eigenvalue weighted by molar-refractivity contribution is -0.149. The van der Waals surface area contributed by atoms with Gasteiger partial charge in [0.25, 0.3) is 0 Å². The van der Waals surface area contributed by atoms with Crippen LogP contribution in [-0.2, 0) is 9.59 Å². The summed E-state index contributed by atoms with van der Waals surface area (Å²) in [6.07, 6.45) is 0.766. The van der Waals surface area contributed by atoms with Crippen molar-refractivity contribution in [3.63, 3.8) is 0 Å². The van der Waals surface area contributed by atoms with Gasteiger partial charge in [0.05, 0.1) is 6.10 Å². The molecule has 6 heteroatoms. The standard InChI is InChI=1S/C11H20N2O4/c1-7(3-2-4-12)10(15)13-6-8(14)5-9(13)11(16)17/h7-9,14H,2-6,12H2,1H3,(H,16,17)/t7?,8-,9-/m1/s1. The number of nitrogens with zero attached hydrogens (tertiary/aromatic N) is 1. The molecule has 3 atom stereocenters. The molecule has 1 saturated heterocycles. The third-order valence-electron chi connectivity index (χ3n) is 3.11. The maximum absolute atomic E-state index is 12.0. The van der Waals surface area contributed by atoms with Crippen molar-refractivity contribution < 1.29 is 19.8 Å². The minimum absolute atomic E-state index is 0.114. The van der Waals surface area contributed by atoms with Crippen molar-refractivity contribution in [2.45, 2.75) is 38.3 Å². The highest BCUT2D eigenvalue weighted by Gasteiger charge is 2.39. The number of aliphatic carboxylic acids is 1. The number of nitrogens with two attached hydrogens (primary N) is 1. The van der Waals surface area contributed by atoms with E-state index in [4.69, 9.17) is 10.8 Å². The molecule has 1 aliphatic heterocycles. The molecular formula is C11H20N2O4. The molecule has 0 radical (unpaired) electrons. The van der Waals surface area contributed by atoms with Gasteiger partial charge in [-0.25, -0.2) is 4.79 Å². The van der Waals surface area contributed by atoms with E-state index < -0.39 is 18.1 Å². The van der Waals surface area contributed by atoms with Crippen molar-refractivity contribution in [1.29, 1.82) is 0 Å². The van der Waals surface area contributed by atoms with Crippen molar-refractivity contribution >= 4 is 11.9 Å². The Hall–Kier alpha value is -1.14. The van der Waals surface area contributed by atoms with Gasteiger partial charge >= 0.3 is 5.97 Å². The van der Waals surface area contributed by atoms with Crippen LogP contribution in [0.2, 0.25) is 0 Å². The molecule has 1 amide bonds. The second-order valence-corrected chi connectivity index (χ2v) is 4.57. The average molecular weight is 244 g/mol. The first-order valence-electron chi connectivity index (χ1n) is 5.88. The lowest BCUT2D eigenvalue weighted by atomic mass is 10.0. The number of rotatable bonds is 5. The SMILES string of the molecule is CC(CCCN)C(=O)N1C[C@H](O)C[C@@H]1C(=O)O. The zero-order chi connectivity index (χ0) is 13.0. The fraction of sp³-hybridized carbons (Fsp3) is 0.818. The number of aliphatic hydroxyl groups is 1. The van der Waals surface area contributed by atoms with Gasteiger partial charge in [0, 0.05) is 18.9 Å². The highest BCUT2D eigenvalue weighted by Crippen LogP contribution is 2.22. The first kappa shape index (κ1) is 13.9. The Morgan fingerprint density at radius 3 is 2.71 bits per heavy atom. The van der Waals surface area contributed by atoms with E-state index in [1.165, 1.54) is 4.90 Å². The number of aliphatic hydroxyl groups excluding tert-OH is 1. The summed E-state index contributed by atoms with van der Waals surface area (Å²) in [4.78, 5) is 24.3. The molecule has 6 nitrogen and oxygen atoms in total. The van der Waals surface area contributed by atoms with Crippen LogP contribution >= 0.6 is 0 Å². The number of likely N-dealkylation sites (tertiary alicyclic amines) is 1. The predicted molar refractivity (Wildman–Crippen MR) is 61.2 cm³/mol. The topological polar surface area (TPSA) is 104 Å². The van der Waals surface area contributed by atoms with Gasteiger partial charge in [-0.3, -0.25) is 4.79 Å². The van der Waals surface area contributed by atoms with Crippen molar-refractivity contribution in [1.82, 2.24) is 4.90 Å². The second-order valence-electron chi connectivity index (χ2n) is 4.57. The maximum Gasteiger partial charge on any atom is 0.326 e. The lowest BCUT2D eigenvalue weighted by Crippen LogP contribution is -2.43. The largest absolute Gasteiger partial charge is 0.480 e. The van der Waals surface area contributed by atoms with E-state index in [2.05, 4.69) is 0 Å². The van der Waals surface area contributed by atoms with E-state index in [-0.39, 0.29) is 24.8 Å². The number of hydrogen-bond donors (Lipinski definition) is 3. The van der Waals surface area contributed by atoms with Crippen LogP contribution in [-0.4, -0.2) is 52.2 Å². The molecule has 0 saturated carbocycles. The summed E-state index contributed by atoms with van der Waals surface area (Å²) in [6, 6.07) is -0.891. The number of β-amino-alcohol motifs (C(OH)–C–C–N with tert-alkyl or cyclic N) is 1. The number of carboxylic acids is 1. The first-order valence-corrected chi connectivity index (χ1v) is 5.88. The highest BCUT2D eigenvalue weighted by atomic mass is 16.4. The van der Waals surface area contributed by atoms with Crippen LogP contribution < -0.4 is 5.73 Å². The summed E-state index contributed by atoms with van der Waals surface area (Å²) in [7, 11) is 0. The Kier molecular flexibility index (Phi) is 4.89. The Morgan fingerprint density at radius 1 is 1.53 bits per heavy atom. The molecular weight excluding hydrogens is 224 g/mol. The summed E-state index contributed by atoms with van der Waals surface area (Å²) in [6.45, 7) is 2.40. The fourth-order valence-corrected chi connectivity index (χ4v) is 2.12. The monoisotopic (exact) mass is 244 g/mol. The molecule has 1 heterocycles. The van der Waals surface area contributed by atoms with Gasteiger partial charge in [-0.15, -0.1) is 0 Å². The van der Waals surface area contributed by atoms with E-state index in [1.807, 2.05) is 0 Å². The lowest BCUT2D eigenvalue weighted by Gasteiger charge is -2.24. The van der Waals surface area contributed by atoms with E-state index in [9.17, 15) is 14.7 Å². The van der Waals surface area contributed by atoms with Gasteiger partial charge in [0.2, 0.25) is 5.91 Å². The van der Waals surface area contributed by atoms with Gasteiger partial charge in [0.15, 0.2) is 0 Å². The van der Waals surface area contributed by atoms with Gasteiger partial charge in [-0.05, 0) is 19.4 Å². The molecule has 0 aromatic rings.